The Balaban J connectivity index is 1.63. The van der Waals surface area contributed by atoms with Crippen LogP contribution in [-0.2, 0) is 12.8 Å². The fourth-order valence-electron chi connectivity index (χ4n) is 2.68. The van der Waals surface area contributed by atoms with Gasteiger partial charge >= 0.3 is 0 Å². The maximum Gasteiger partial charge on any atom is 0.154 e. The number of pyridine rings is 1. The van der Waals surface area contributed by atoms with Crippen LogP contribution in [0.3, 0.4) is 0 Å². The molecule has 1 aromatic carbocycles. The third kappa shape index (κ3) is 2.99. The number of benzene rings is 1. The molecule has 0 spiro atoms. The Bertz CT molecular complexity index is 809. The summed E-state index contributed by atoms with van der Waals surface area (Å²) < 4.78 is 15.7. The molecule has 0 amide bonds. The number of hydrogen-bond donors (Lipinski definition) is 0. The Morgan fingerprint density at radius 3 is 2.57 bits per heavy atom. The van der Waals surface area contributed by atoms with Crippen molar-refractivity contribution in [3.63, 3.8) is 0 Å². The molecule has 0 atom stereocenters. The van der Waals surface area contributed by atoms with Crippen molar-refractivity contribution in [2.45, 2.75) is 31.6 Å². The molecule has 2 aromatic heterocycles. The fourth-order valence-corrected chi connectivity index (χ4v) is 2.68. The topological polar surface area (TPSA) is 43.6 Å². The molecular weight excluding hydrogens is 291 g/mol. The Kier molecular flexibility index (Phi) is 3.61. The zero-order chi connectivity index (χ0) is 15.6. The van der Waals surface area contributed by atoms with Gasteiger partial charge in [-0.2, -0.15) is 5.10 Å². The van der Waals surface area contributed by atoms with Crippen LogP contribution in [0.25, 0.3) is 5.69 Å². The van der Waals surface area contributed by atoms with Crippen molar-refractivity contribution in [2.75, 3.05) is 0 Å². The average molecular weight is 308 g/mol. The molecule has 1 aliphatic carbocycles. The van der Waals surface area contributed by atoms with Crippen LogP contribution < -0.4 is 0 Å². The van der Waals surface area contributed by atoms with E-state index in [0.717, 1.165) is 30.2 Å². The number of rotatable bonds is 5. The van der Waals surface area contributed by atoms with Gasteiger partial charge in [0.05, 0.1) is 5.69 Å². The van der Waals surface area contributed by atoms with Crippen molar-refractivity contribution in [1.82, 2.24) is 19.7 Å². The third-order valence-corrected chi connectivity index (χ3v) is 4.12. The predicted molar refractivity (Wildman–Crippen MR) is 84.9 cm³/mol. The average Bonchev–Trinajstić information content (AvgIpc) is 3.35. The van der Waals surface area contributed by atoms with Gasteiger partial charge in [0, 0.05) is 24.7 Å². The molecule has 2 heterocycles. The van der Waals surface area contributed by atoms with E-state index in [2.05, 4.69) is 10.1 Å². The monoisotopic (exact) mass is 308 g/mol. The zero-order valence-corrected chi connectivity index (χ0v) is 12.7. The maximum absolute atomic E-state index is 13.8. The van der Waals surface area contributed by atoms with Crippen molar-refractivity contribution in [3.05, 3.63) is 71.8 Å². The second-order valence-electron chi connectivity index (χ2n) is 5.87. The van der Waals surface area contributed by atoms with Gasteiger partial charge < -0.3 is 0 Å². The second kappa shape index (κ2) is 5.91. The molecule has 0 radical (unpaired) electrons. The summed E-state index contributed by atoms with van der Waals surface area (Å²) >= 11 is 0. The summed E-state index contributed by atoms with van der Waals surface area (Å²) in [7, 11) is 0. The van der Waals surface area contributed by atoms with E-state index in [1.165, 1.54) is 6.07 Å². The van der Waals surface area contributed by atoms with Crippen LogP contribution in [0.2, 0.25) is 0 Å². The van der Waals surface area contributed by atoms with E-state index in [-0.39, 0.29) is 5.82 Å². The third-order valence-electron chi connectivity index (χ3n) is 4.12. The first-order valence-corrected chi connectivity index (χ1v) is 7.91. The SMILES string of the molecule is Fc1ccccc1CCc1nc(C2CC2)nn1-c1ccncc1. The normalized spacial score (nSPS) is 14.1. The van der Waals surface area contributed by atoms with Crippen LogP contribution in [0.1, 0.15) is 36.0 Å². The Morgan fingerprint density at radius 2 is 1.83 bits per heavy atom. The molecular formula is C18H17FN4. The van der Waals surface area contributed by atoms with Crippen LogP contribution in [0, 0.1) is 5.82 Å². The highest BCUT2D eigenvalue weighted by atomic mass is 19.1. The second-order valence-corrected chi connectivity index (χ2v) is 5.87. The van der Waals surface area contributed by atoms with Crippen LogP contribution in [0.15, 0.2) is 48.8 Å². The van der Waals surface area contributed by atoms with E-state index >= 15 is 0 Å². The van der Waals surface area contributed by atoms with Gasteiger partial charge in [-0.15, -0.1) is 0 Å². The highest BCUT2D eigenvalue weighted by molar-refractivity contribution is 5.30. The molecule has 0 unspecified atom stereocenters. The summed E-state index contributed by atoms with van der Waals surface area (Å²) in [5.74, 6) is 2.11. The molecule has 116 valence electrons. The maximum atomic E-state index is 13.8. The lowest BCUT2D eigenvalue weighted by Gasteiger charge is -2.06. The summed E-state index contributed by atoms with van der Waals surface area (Å²) in [6.07, 6.45) is 7.08. The van der Waals surface area contributed by atoms with Crippen molar-refractivity contribution in [2.24, 2.45) is 0 Å². The van der Waals surface area contributed by atoms with Crippen LogP contribution in [0.5, 0.6) is 0 Å². The van der Waals surface area contributed by atoms with Gasteiger partial charge in [-0.25, -0.2) is 14.1 Å². The molecule has 0 N–H and O–H groups in total. The van der Waals surface area contributed by atoms with Crippen LogP contribution in [0.4, 0.5) is 4.39 Å². The molecule has 23 heavy (non-hydrogen) atoms. The molecule has 0 aliphatic heterocycles. The minimum Gasteiger partial charge on any atom is -0.265 e. The van der Waals surface area contributed by atoms with E-state index in [1.54, 1.807) is 18.5 Å². The summed E-state index contributed by atoms with van der Waals surface area (Å²) in [6.45, 7) is 0. The highest BCUT2D eigenvalue weighted by Crippen LogP contribution is 2.38. The Labute approximate surface area is 134 Å². The summed E-state index contributed by atoms with van der Waals surface area (Å²) in [5.41, 5.74) is 1.66. The Hall–Kier alpha value is -2.56. The fraction of sp³-hybridized carbons (Fsp3) is 0.278. The molecule has 5 heteroatoms. The van der Waals surface area contributed by atoms with E-state index in [9.17, 15) is 4.39 Å². The van der Waals surface area contributed by atoms with E-state index in [0.29, 0.717) is 24.3 Å². The van der Waals surface area contributed by atoms with E-state index < -0.39 is 0 Å². The lowest BCUT2D eigenvalue weighted by atomic mass is 10.1. The van der Waals surface area contributed by atoms with E-state index in [1.807, 2.05) is 28.9 Å². The lowest BCUT2D eigenvalue weighted by Crippen LogP contribution is -2.05. The smallest absolute Gasteiger partial charge is 0.154 e. The summed E-state index contributed by atoms with van der Waals surface area (Å²) in [4.78, 5) is 8.75. The van der Waals surface area contributed by atoms with Gasteiger partial charge in [0.2, 0.25) is 0 Å². The highest BCUT2D eigenvalue weighted by Gasteiger charge is 2.29. The largest absolute Gasteiger partial charge is 0.265 e. The van der Waals surface area contributed by atoms with Gasteiger partial charge in [0.25, 0.3) is 0 Å². The summed E-state index contributed by atoms with van der Waals surface area (Å²) in [6, 6.07) is 10.7. The minimum atomic E-state index is -0.162. The number of hydrogen-bond acceptors (Lipinski definition) is 3. The van der Waals surface area contributed by atoms with Crippen LogP contribution in [-0.4, -0.2) is 19.7 Å². The van der Waals surface area contributed by atoms with Crippen molar-refractivity contribution < 1.29 is 4.39 Å². The first kappa shape index (κ1) is 14.1. The van der Waals surface area contributed by atoms with Crippen LogP contribution >= 0.6 is 0 Å². The van der Waals surface area contributed by atoms with Gasteiger partial charge in [0.1, 0.15) is 11.6 Å². The molecule has 0 bridgehead atoms. The van der Waals surface area contributed by atoms with Crippen molar-refractivity contribution >= 4 is 0 Å². The zero-order valence-electron chi connectivity index (χ0n) is 12.7. The lowest BCUT2D eigenvalue weighted by molar-refractivity contribution is 0.606. The number of aryl methyl sites for hydroxylation is 2. The number of halogens is 1. The van der Waals surface area contributed by atoms with Gasteiger partial charge in [0.15, 0.2) is 5.82 Å². The number of aromatic nitrogens is 4. The minimum absolute atomic E-state index is 0.162. The first-order valence-electron chi connectivity index (χ1n) is 7.91. The standard InChI is InChI=1S/C18H17FN4/c19-16-4-2-1-3-13(16)7-8-17-21-18(14-5-6-14)22-23(17)15-9-11-20-12-10-15/h1-4,9-12,14H,5-8H2. The van der Waals surface area contributed by atoms with Crippen molar-refractivity contribution in [3.8, 4) is 5.69 Å². The van der Waals surface area contributed by atoms with Gasteiger partial charge in [-0.3, -0.25) is 4.98 Å². The molecule has 1 saturated carbocycles. The first-order chi connectivity index (χ1) is 11.3. The molecule has 3 aromatic rings. The molecule has 4 nitrogen and oxygen atoms in total. The predicted octanol–water partition coefficient (Wildman–Crippen LogP) is 3.46. The van der Waals surface area contributed by atoms with Crippen molar-refractivity contribution in [1.29, 1.82) is 0 Å². The molecule has 4 rings (SSSR count). The Morgan fingerprint density at radius 1 is 1.04 bits per heavy atom. The molecule has 1 aliphatic rings. The van der Waals surface area contributed by atoms with Gasteiger partial charge in [-0.1, -0.05) is 18.2 Å². The summed E-state index contributed by atoms with van der Waals surface area (Å²) in [5, 5.41) is 4.66. The quantitative estimate of drug-likeness (QED) is 0.725. The van der Waals surface area contributed by atoms with E-state index in [4.69, 9.17) is 4.98 Å². The van der Waals surface area contributed by atoms with Gasteiger partial charge in [-0.05, 0) is 43.0 Å². The number of nitrogens with zero attached hydrogens (tertiary/aromatic N) is 4. The molecule has 1 fully saturated rings. The molecule has 0 saturated heterocycles.